The van der Waals surface area contributed by atoms with Crippen LogP contribution in [-0.2, 0) is 0 Å². The summed E-state index contributed by atoms with van der Waals surface area (Å²) in [7, 11) is 0. The van der Waals surface area contributed by atoms with Crippen LogP contribution < -0.4 is 0 Å². The summed E-state index contributed by atoms with van der Waals surface area (Å²) in [6.45, 7) is 1.77. The third kappa shape index (κ3) is 4.52. The van der Waals surface area contributed by atoms with Gasteiger partial charge >= 0.3 is 0 Å². The largest absolute Gasteiger partial charge is 0.411 e. The van der Waals surface area contributed by atoms with Gasteiger partial charge in [-0.25, -0.2) is 0 Å². The van der Waals surface area contributed by atoms with Crippen molar-refractivity contribution in [2.24, 2.45) is 5.16 Å². The van der Waals surface area contributed by atoms with Gasteiger partial charge in [-0.05, 0) is 26.2 Å². The number of rotatable bonds is 0. The van der Waals surface area contributed by atoms with E-state index in [0.29, 0.717) is 12.1 Å². The van der Waals surface area contributed by atoms with Crippen molar-refractivity contribution in [2.45, 2.75) is 76.7 Å². The van der Waals surface area contributed by atoms with Gasteiger partial charge in [0, 0.05) is 0 Å². The van der Waals surface area contributed by atoms with E-state index in [9.17, 15) is 5.11 Å². The predicted molar refractivity (Wildman–Crippen MR) is 66.0 cm³/mol. The molecular weight excluding hydrogens is 202 g/mol. The fourth-order valence-corrected chi connectivity index (χ4v) is 2.39. The minimum atomic E-state index is -0.909. The Balaban J connectivity index is 2.53. The molecular formula is C13H25NO2. The summed E-state index contributed by atoms with van der Waals surface area (Å²) in [5.41, 5.74) is -0.346. The summed E-state index contributed by atoms with van der Waals surface area (Å²) in [5.74, 6) is 0. The molecule has 0 bridgehead atoms. The second kappa shape index (κ2) is 6.89. The molecule has 3 heteroatoms. The molecule has 1 fully saturated rings. The van der Waals surface area contributed by atoms with Gasteiger partial charge in [-0.1, -0.05) is 50.1 Å². The van der Waals surface area contributed by atoms with E-state index >= 15 is 0 Å². The summed E-state index contributed by atoms with van der Waals surface area (Å²) < 4.78 is 0. The van der Waals surface area contributed by atoms with Crippen LogP contribution in [0.15, 0.2) is 5.16 Å². The number of aliphatic hydroxyl groups is 1. The molecule has 1 unspecified atom stereocenters. The highest BCUT2D eigenvalue weighted by atomic mass is 16.4. The quantitative estimate of drug-likeness (QED) is 0.491. The average Bonchev–Trinajstić information content (AvgIpc) is 2.23. The summed E-state index contributed by atoms with van der Waals surface area (Å²) in [4.78, 5) is 0. The van der Waals surface area contributed by atoms with Crippen LogP contribution in [0.1, 0.15) is 71.1 Å². The lowest BCUT2D eigenvalue weighted by atomic mass is 9.89. The Labute approximate surface area is 98.6 Å². The molecule has 1 saturated carbocycles. The molecule has 0 aromatic rings. The van der Waals surface area contributed by atoms with E-state index in [0.717, 1.165) is 19.3 Å². The Morgan fingerprint density at radius 2 is 1.44 bits per heavy atom. The first-order chi connectivity index (χ1) is 7.67. The molecule has 1 atom stereocenters. The molecule has 0 aromatic carbocycles. The zero-order valence-corrected chi connectivity index (χ0v) is 10.4. The molecule has 16 heavy (non-hydrogen) atoms. The van der Waals surface area contributed by atoms with Crippen LogP contribution in [0.25, 0.3) is 0 Å². The van der Waals surface area contributed by atoms with Crippen molar-refractivity contribution >= 4 is 5.71 Å². The fraction of sp³-hybridized carbons (Fsp3) is 0.923. The highest BCUT2D eigenvalue weighted by molar-refractivity contribution is 5.91. The molecule has 0 aromatic heterocycles. The van der Waals surface area contributed by atoms with E-state index < -0.39 is 5.60 Å². The maximum absolute atomic E-state index is 10.2. The number of hydrogen-bond acceptors (Lipinski definition) is 3. The van der Waals surface area contributed by atoms with E-state index in [2.05, 4.69) is 5.16 Å². The highest BCUT2D eigenvalue weighted by Crippen LogP contribution is 2.22. The molecule has 1 aliphatic carbocycles. The Bertz CT molecular complexity index is 224. The van der Waals surface area contributed by atoms with Gasteiger partial charge in [0.05, 0.1) is 5.71 Å². The summed E-state index contributed by atoms with van der Waals surface area (Å²) in [5, 5.41) is 22.5. The lowest BCUT2D eigenvalue weighted by Crippen LogP contribution is -2.35. The first kappa shape index (κ1) is 13.5. The van der Waals surface area contributed by atoms with Gasteiger partial charge in [0.2, 0.25) is 0 Å². The van der Waals surface area contributed by atoms with Gasteiger partial charge in [-0.15, -0.1) is 0 Å². The van der Waals surface area contributed by atoms with Gasteiger partial charge in [-0.3, -0.25) is 0 Å². The van der Waals surface area contributed by atoms with Crippen molar-refractivity contribution in [3.8, 4) is 0 Å². The van der Waals surface area contributed by atoms with Crippen LogP contribution in [0.2, 0.25) is 0 Å². The second-order valence-electron chi connectivity index (χ2n) is 5.15. The maximum atomic E-state index is 10.2. The van der Waals surface area contributed by atoms with E-state index in [4.69, 9.17) is 5.21 Å². The normalized spacial score (nSPS) is 33.0. The topological polar surface area (TPSA) is 52.8 Å². The van der Waals surface area contributed by atoms with E-state index in [1.165, 1.54) is 38.5 Å². The van der Waals surface area contributed by atoms with Crippen LogP contribution in [0.5, 0.6) is 0 Å². The SMILES string of the molecule is CC1(O)CCCCCCCCCCC1=NO. The zero-order chi connectivity index (χ0) is 11.9. The molecule has 1 rings (SSSR count). The Kier molecular flexibility index (Phi) is 5.81. The van der Waals surface area contributed by atoms with Crippen molar-refractivity contribution in [1.29, 1.82) is 0 Å². The second-order valence-corrected chi connectivity index (χ2v) is 5.15. The van der Waals surface area contributed by atoms with E-state index in [-0.39, 0.29) is 0 Å². The third-order valence-corrected chi connectivity index (χ3v) is 3.57. The van der Waals surface area contributed by atoms with Gasteiger partial charge in [-0.2, -0.15) is 0 Å². The van der Waals surface area contributed by atoms with Crippen molar-refractivity contribution in [2.75, 3.05) is 0 Å². The fourth-order valence-electron chi connectivity index (χ4n) is 2.39. The van der Waals surface area contributed by atoms with Crippen molar-refractivity contribution in [3.05, 3.63) is 0 Å². The molecule has 0 spiro atoms. The van der Waals surface area contributed by atoms with Crippen molar-refractivity contribution < 1.29 is 10.3 Å². The van der Waals surface area contributed by atoms with E-state index in [1.54, 1.807) is 6.92 Å². The average molecular weight is 227 g/mol. The van der Waals surface area contributed by atoms with Gasteiger partial charge in [0.15, 0.2) is 0 Å². The van der Waals surface area contributed by atoms with Crippen molar-refractivity contribution in [1.82, 2.24) is 0 Å². The standard InChI is InChI=1S/C13H25NO2/c1-13(15)11-9-7-5-3-2-4-6-8-10-12(13)14-16/h15-16H,2-11H2,1H3. The molecule has 0 amide bonds. The van der Waals surface area contributed by atoms with Gasteiger partial charge in [0.25, 0.3) is 0 Å². The summed E-state index contributed by atoms with van der Waals surface area (Å²) in [6, 6.07) is 0. The Hall–Kier alpha value is -0.570. The molecule has 1 aliphatic rings. The maximum Gasteiger partial charge on any atom is 0.103 e. The molecule has 2 N–H and O–H groups in total. The Morgan fingerprint density at radius 3 is 2.00 bits per heavy atom. The lowest BCUT2D eigenvalue weighted by Gasteiger charge is -2.24. The third-order valence-electron chi connectivity index (χ3n) is 3.57. The number of nitrogens with zero attached hydrogens (tertiary/aromatic N) is 1. The van der Waals surface area contributed by atoms with Crippen LogP contribution in [-0.4, -0.2) is 21.6 Å². The molecule has 94 valence electrons. The molecule has 0 heterocycles. The Morgan fingerprint density at radius 1 is 0.938 bits per heavy atom. The molecule has 0 saturated heterocycles. The zero-order valence-electron chi connectivity index (χ0n) is 10.4. The van der Waals surface area contributed by atoms with Crippen LogP contribution >= 0.6 is 0 Å². The molecule has 0 aliphatic heterocycles. The molecule has 0 radical (unpaired) electrons. The smallest absolute Gasteiger partial charge is 0.103 e. The van der Waals surface area contributed by atoms with Crippen LogP contribution in [0, 0.1) is 0 Å². The summed E-state index contributed by atoms with van der Waals surface area (Å²) >= 11 is 0. The predicted octanol–water partition coefficient (Wildman–Crippen LogP) is 3.48. The number of oxime groups is 1. The minimum Gasteiger partial charge on any atom is -0.411 e. The lowest BCUT2D eigenvalue weighted by molar-refractivity contribution is 0.111. The number of hydrogen-bond donors (Lipinski definition) is 2. The summed E-state index contributed by atoms with van der Waals surface area (Å²) in [6.07, 6.45) is 11.0. The van der Waals surface area contributed by atoms with Gasteiger partial charge < -0.3 is 10.3 Å². The van der Waals surface area contributed by atoms with Gasteiger partial charge in [0.1, 0.15) is 5.60 Å². The molecule has 3 nitrogen and oxygen atoms in total. The van der Waals surface area contributed by atoms with E-state index in [1.807, 2.05) is 0 Å². The monoisotopic (exact) mass is 227 g/mol. The minimum absolute atomic E-state index is 0.563. The van der Waals surface area contributed by atoms with Crippen LogP contribution in [0.3, 0.4) is 0 Å². The van der Waals surface area contributed by atoms with Crippen molar-refractivity contribution in [3.63, 3.8) is 0 Å². The first-order valence-electron chi connectivity index (χ1n) is 6.60. The highest BCUT2D eigenvalue weighted by Gasteiger charge is 2.27. The first-order valence-corrected chi connectivity index (χ1v) is 6.60. The van der Waals surface area contributed by atoms with Crippen LogP contribution in [0.4, 0.5) is 0 Å².